The van der Waals surface area contributed by atoms with Gasteiger partial charge in [-0.25, -0.2) is 0 Å². The minimum Gasteiger partial charge on any atom is -0.343 e. The number of likely N-dealkylation sites (N-methyl/N-ethyl adjacent to an activating group) is 1. The number of hydrogen-bond donors (Lipinski definition) is 1. The van der Waals surface area contributed by atoms with Crippen LogP contribution in [0.15, 0.2) is 41.1 Å². The molecule has 1 saturated heterocycles. The molecule has 7 heteroatoms. The highest BCUT2D eigenvalue weighted by Gasteiger charge is 2.27. The second-order valence-corrected chi connectivity index (χ2v) is 5.93. The molecule has 1 N–H and O–H groups in total. The van der Waals surface area contributed by atoms with Crippen LogP contribution in [-0.4, -0.2) is 46.1 Å². The Morgan fingerprint density at radius 2 is 2.21 bits per heavy atom. The topological polar surface area (TPSA) is 84.2 Å². The number of rotatable bonds is 3. The lowest BCUT2D eigenvalue weighted by molar-refractivity contribution is -0.131. The lowest BCUT2D eigenvalue weighted by Gasteiger charge is -2.28. The van der Waals surface area contributed by atoms with Crippen LogP contribution < -0.4 is 5.32 Å². The van der Waals surface area contributed by atoms with Crippen LogP contribution in [-0.2, 0) is 11.2 Å². The molecule has 1 amide bonds. The molecular weight excluding hydrogens is 306 g/mol. The summed E-state index contributed by atoms with van der Waals surface area (Å²) in [6, 6.07) is 9.89. The van der Waals surface area contributed by atoms with Gasteiger partial charge in [0.25, 0.3) is 0 Å². The van der Waals surface area contributed by atoms with Gasteiger partial charge in [0.05, 0.1) is 12.1 Å². The van der Waals surface area contributed by atoms with Gasteiger partial charge in [0.1, 0.15) is 6.04 Å². The number of aromatic nitrogens is 3. The summed E-state index contributed by atoms with van der Waals surface area (Å²) in [4.78, 5) is 22.1. The maximum atomic E-state index is 11.5. The molecule has 0 saturated carbocycles. The molecule has 0 radical (unpaired) electrons. The summed E-state index contributed by atoms with van der Waals surface area (Å²) < 4.78 is 5.39. The van der Waals surface area contributed by atoms with Crippen LogP contribution >= 0.6 is 0 Å². The van der Waals surface area contributed by atoms with Crippen molar-refractivity contribution in [2.24, 2.45) is 0 Å². The maximum Gasteiger partial charge on any atom is 0.245 e. The van der Waals surface area contributed by atoms with E-state index in [4.69, 9.17) is 4.52 Å². The Morgan fingerprint density at radius 1 is 1.33 bits per heavy atom. The number of nitrogens with one attached hydrogen (secondary N) is 1. The first kappa shape index (κ1) is 14.8. The quantitative estimate of drug-likeness (QED) is 0.782. The molecule has 1 unspecified atom stereocenters. The standard InChI is InChI=1S/C17H17N5O2/c1-22-10-13(19-9-15(22)23)17-20-14(21-24-17)8-12-5-2-4-11-6-3-7-18-16(11)12/h2-7,13,19H,8-10H2,1H3. The molecule has 4 rings (SSSR count). The minimum absolute atomic E-state index is 0.0628. The van der Waals surface area contributed by atoms with Gasteiger partial charge in [0.15, 0.2) is 5.82 Å². The van der Waals surface area contributed by atoms with Gasteiger partial charge in [-0.3, -0.25) is 15.1 Å². The second-order valence-electron chi connectivity index (χ2n) is 5.93. The van der Waals surface area contributed by atoms with Crippen molar-refractivity contribution in [1.29, 1.82) is 0 Å². The molecule has 0 aliphatic carbocycles. The summed E-state index contributed by atoms with van der Waals surface area (Å²) in [7, 11) is 1.77. The van der Waals surface area contributed by atoms with Crippen molar-refractivity contribution in [3.63, 3.8) is 0 Å². The van der Waals surface area contributed by atoms with Crippen molar-refractivity contribution in [3.8, 4) is 0 Å². The van der Waals surface area contributed by atoms with Crippen molar-refractivity contribution in [1.82, 2.24) is 25.3 Å². The Labute approximate surface area is 138 Å². The average molecular weight is 323 g/mol. The molecule has 1 aliphatic rings. The van der Waals surface area contributed by atoms with E-state index >= 15 is 0 Å². The number of pyridine rings is 1. The molecule has 7 nitrogen and oxygen atoms in total. The maximum absolute atomic E-state index is 11.5. The summed E-state index contributed by atoms with van der Waals surface area (Å²) in [5.74, 6) is 1.19. The third-order valence-corrected chi connectivity index (χ3v) is 4.23. The number of amides is 1. The van der Waals surface area contributed by atoms with Gasteiger partial charge in [-0.05, 0) is 11.6 Å². The summed E-state index contributed by atoms with van der Waals surface area (Å²) in [6.07, 6.45) is 2.34. The Morgan fingerprint density at radius 3 is 3.08 bits per heavy atom. The van der Waals surface area contributed by atoms with Crippen LogP contribution in [0.5, 0.6) is 0 Å². The van der Waals surface area contributed by atoms with E-state index in [-0.39, 0.29) is 18.5 Å². The van der Waals surface area contributed by atoms with Crippen LogP contribution in [0.4, 0.5) is 0 Å². The predicted molar refractivity (Wildman–Crippen MR) is 87.2 cm³/mol. The largest absolute Gasteiger partial charge is 0.343 e. The zero-order chi connectivity index (χ0) is 16.5. The molecule has 2 aromatic heterocycles. The zero-order valence-electron chi connectivity index (χ0n) is 13.3. The van der Waals surface area contributed by atoms with Crippen molar-refractivity contribution < 1.29 is 9.32 Å². The summed E-state index contributed by atoms with van der Waals surface area (Å²) in [5.41, 5.74) is 2.01. The van der Waals surface area contributed by atoms with E-state index in [1.165, 1.54) is 0 Å². The predicted octanol–water partition coefficient (Wildman–Crippen LogP) is 1.31. The Kier molecular flexibility index (Phi) is 3.70. The van der Waals surface area contributed by atoms with Gasteiger partial charge in [-0.15, -0.1) is 0 Å². The molecule has 1 aromatic carbocycles. The molecule has 0 bridgehead atoms. The van der Waals surface area contributed by atoms with E-state index < -0.39 is 0 Å². The van der Waals surface area contributed by atoms with E-state index in [2.05, 4.69) is 20.4 Å². The fourth-order valence-corrected chi connectivity index (χ4v) is 2.91. The first-order valence-electron chi connectivity index (χ1n) is 7.83. The van der Waals surface area contributed by atoms with Gasteiger partial charge in [-0.1, -0.05) is 29.4 Å². The number of fused-ring (bicyclic) bond motifs is 1. The summed E-state index contributed by atoms with van der Waals surface area (Å²) >= 11 is 0. The van der Waals surface area contributed by atoms with E-state index in [0.29, 0.717) is 24.7 Å². The van der Waals surface area contributed by atoms with Crippen LogP contribution in [0, 0.1) is 0 Å². The highest BCUT2D eigenvalue weighted by atomic mass is 16.5. The van der Waals surface area contributed by atoms with Gasteiger partial charge in [-0.2, -0.15) is 4.98 Å². The average Bonchev–Trinajstić information content (AvgIpc) is 3.06. The normalized spacial score (nSPS) is 18.3. The first-order chi connectivity index (χ1) is 11.7. The molecule has 3 heterocycles. The van der Waals surface area contributed by atoms with Crippen molar-refractivity contribution >= 4 is 16.8 Å². The highest BCUT2D eigenvalue weighted by Crippen LogP contribution is 2.20. The lowest BCUT2D eigenvalue weighted by Crippen LogP contribution is -2.47. The molecule has 3 aromatic rings. The summed E-state index contributed by atoms with van der Waals surface area (Å²) in [6.45, 7) is 0.808. The number of para-hydroxylation sites is 1. The van der Waals surface area contributed by atoms with Gasteiger partial charge in [0.2, 0.25) is 11.8 Å². The molecule has 24 heavy (non-hydrogen) atoms. The molecule has 122 valence electrons. The molecular formula is C17H17N5O2. The molecule has 1 fully saturated rings. The van der Waals surface area contributed by atoms with Gasteiger partial charge >= 0.3 is 0 Å². The smallest absolute Gasteiger partial charge is 0.245 e. The highest BCUT2D eigenvalue weighted by molar-refractivity contribution is 5.81. The van der Waals surface area contributed by atoms with Crippen LogP contribution in [0.2, 0.25) is 0 Å². The van der Waals surface area contributed by atoms with Gasteiger partial charge in [0, 0.05) is 31.6 Å². The first-order valence-corrected chi connectivity index (χ1v) is 7.83. The van der Waals surface area contributed by atoms with Crippen LogP contribution in [0.25, 0.3) is 10.9 Å². The SMILES string of the molecule is CN1CC(c2nc(Cc3cccc4cccnc34)no2)NCC1=O. The third-order valence-electron chi connectivity index (χ3n) is 4.23. The van der Waals surface area contributed by atoms with E-state index in [9.17, 15) is 4.79 Å². The number of benzene rings is 1. The van der Waals surface area contributed by atoms with Gasteiger partial charge < -0.3 is 9.42 Å². The molecule has 1 atom stereocenters. The Balaban J connectivity index is 1.56. The number of hydrogen-bond acceptors (Lipinski definition) is 6. The fraction of sp³-hybridized carbons (Fsp3) is 0.294. The van der Waals surface area contributed by atoms with Crippen molar-refractivity contribution in [2.45, 2.75) is 12.5 Å². The number of carbonyl (C=O) groups excluding carboxylic acids is 1. The van der Waals surface area contributed by atoms with E-state index in [1.54, 1.807) is 18.1 Å². The second kappa shape index (κ2) is 6.01. The fourth-order valence-electron chi connectivity index (χ4n) is 2.91. The van der Waals surface area contributed by atoms with Crippen LogP contribution in [0.1, 0.15) is 23.3 Å². The number of piperazine rings is 1. The monoisotopic (exact) mass is 323 g/mol. The van der Waals surface area contributed by atoms with Crippen molar-refractivity contribution in [3.05, 3.63) is 53.8 Å². The molecule has 0 spiro atoms. The number of nitrogens with zero attached hydrogens (tertiary/aromatic N) is 4. The van der Waals surface area contributed by atoms with E-state index in [0.717, 1.165) is 16.5 Å². The summed E-state index contributed by atoms with van der Waals surface area (Å²) in [5, 5.41) is 8.29. The third kappa shape index (κ3) is 2.74. The van der Waals surface area contributed by atoms with Crippen LogP contribution in [0.3, 0.4) is 0 Å². The Bertz CT molecular complexity index is 886. The van der Waals surface area contributed by atoms with Crippen molar-refractivity contribution in [2.75, 3.05) is 20.1 Å². The molecule has 1 aliphatic heterocycles. The minimum atomic E-state index is -0.125. The zero-order valence-corrected chi connectivity index (χ0v) is 13.3. The Hall–Kier alpha value is -2.80. The van der Waals surface area contributed by atoms with E-state index in [1.807, 2.05) is 30.3 Å². The lowest BCUT2D eigenvalue weighted by atomic mass is 10.1. The number of carbonyl (C=O) groups is 1.